The third kappa shape index (κ3) is 5.66. The van der Waals surface area contributed by atoms with Crippen molar-refractivity contribution >= 4 is 29.3 Å². The van der Waals surface area contributed by atoms with E-state index in [-0.39, 0.29) is 11.9 Å². The fourth-order valence-corrected chi connectivity index (χ4v) is 5.03. The van der Waals surface area contributed by atoms with Crippen LogP contribution in [-0.2, 0) is 5.75 Å². The van der Waals surface area contributed by atoms with Gasteiger partial charge in [-0.25, -0.2) is 14.6 Å². The van der Waals surface area contributed by atoms with E-state index in [0.29, 0.717) is 27.3 Å². The van der Waals surface area contributed by atoms with Crippen molar-refractivity contribution in [3.63, 3.8) is 0 Å². The van der Waals surface area contributed by atoms with Crippen molar-refractivity contribution in [1.29, 1.82) is 0 Å². The molecule has 2 heterocycles. The number of aromatic nitrogens is 5. The maximum atomic E-state index is 13.2. The highest BCUT2D eigenvalue weighted by atomic mass is 35.5. The number of halogens is 1. The van der Waals surface area contributed by atoms with E-state index >= 15 is 0 Å². The van der Waals surface area contributed by atoms with E-state index in [1.165, 1.54) is 24.6 Å². The number of hydrogen-bond donors (Lipinski definition) is 1. The first-order valence-corrected chi connectivity index (χ1v) is 12.3. The minimum absolute atomic E-state index is 0.172. The van der Waals surface area contributed by atoms with E-state index in [1.54, 1.807) is 16.8 Å². The Bertz CT molecular complexity index is 1060. The molecule has 0 unspecified atom stereocenters. The van der Waals surface area contributed by atoms with E-state index in [0.717, 1.165) is 42.8 Å². The van der Waals surface area contributed by atoms with Gasteiger partial charge >= 0.3 is 0 Å². The monoisotopic (exact) mass is 470 g/mol. The molecule has 9 heteroatoms. The molecule has 2 aromatic heterocycles. The standard InChI is InChI=1S/C23H27ClN6OS/c1-15-13-16(2)26-23(25-15)32-14-20-21(22(31)27-18-7-5-3-4-6-8-18)28-29-30(20)19-11-9-17(24)10-12-19/h9-13,18H,3-8,14H2,1-2H3,(H,27,31). The molecule has 32 heavy (non-hydrogen) atoms. The van der Waals surface area contributed by atoms with E-state index in [9.17, 15) is 4.79 Å². The van der Waals surface area contributed by atoms with Gasteiger partial charge in [-0.15, -0.1) is 5.10 Å². The summed E-state index contributed by atoms with van der Waals surface area (Å²) in [7, 11) is 0. The zero-order chi connectivity index (χ0) is 22.5. The summed E-state index contributed by atoms with van der Waals surface area (Å²) in [6, 6.07) is 9.46. The maximum Gasteiger partial charge on any atom is 0.274 e. The van der Waals surface area contributed by atoms with Crippen molar-refractivity contribution in [2.45, 2.75) is 69.3 Å². The summed E-state index contributed by atoms with van der Waals surface area (Å²) in [4.78, 5) is 22.2. The van der Waals surface area contributed by atoms with Crippen LogP contribution in [0.15, 0.2) is 35.5 Å². The fraction of sp³-hybridized carbons (Fsp3) is 0.435. The Morgan fingerprint density at radius 2 is 1.75 bits per heavy atom. The second-order valence-electron chi connectivity index (χ2n) is 8.16. The molecule has 0 saturated heterocycles. The summed E-state index contributed by atoms with van der Waals surface area (Å²) in [5.41, 5.74) is 3.69. The summed E-state index contributed by atoms with van der Waals surface area (Å²) < 4.78 is 1.70. The minimum Gasteiger partial charge on any atom is -0.348 e. The number of aryl methyl sites for hydroxylation is 2. The van der Waals surface area contributed by atoms with E-state index < -0.39 is 0 Å². The Morgan fingerprint density at radius 1 is 1.09 bits per heavy atom. The molecule has 0 radical (unpaired) electrons. The number of nitrogens with one attached hydrogen (secondary N) is 1. The number of nitrogens with zero attached hydrogens (tertiary/aromatic N) is 5. The Balaban J connectivity index is 1.61. The Morgan fingerprint density at radius 3 is 2.41 bits per heavy atom. The number of carbonyl (C=O) groups excluding carboxylic acids is 1. The van der Waals surface area contributed by atoms with Gasteiger partial charge in [-0.3, -0.25) is 4.79 Å². The maximum absolute atomic E-state index is 13.2. The van der Waals surface area contributed by atoms with E-state index in [4.69, 9.17) is 11.6 Å². The molecule has 1 amide bonds. The quantitative estimate of drug-likeness (QED) is 0.307. The normalized spacial score (nSPS) is 14.8. The van der Waals surface area contributed by atoms with Gasteiger partial charge in [-0.2, -0.15) is 0 Å². The molecule has 0 atom stereocenters. The number of benzene rings is 1. The molecule has 0 aliphatic heterocycles. The molecular weight excluding hydrogens is 444 g/mol. The van der Waals surface area contributed by atoms with Crippen LogP contribution in [0, 0.1) is 13.8 Å². The number of hydrogen-bond acceptors (Lipinski definition) is 6. The molecular formula is C23H27ClN6OS. The van der Waals surface area contributed by atoms with Crippen molar-refractivity contribution in [3.05, 3.63) is 58.1 Å². The van der Waals surface area contributed by atoms with Crippen LogP contribution >= 0.6 is 23.4 Å². The Labute approximate surface area is 197 Å². The van der Waals surface area contributed by atoms with Crippen LogP contribution in [0.5, 0.6) is 0 Å². The van der Waals surface area contributed by atoms with Crippen molar-refractivity contribution < 1.29 is 4.79 Å². The molecule has 7 nitrogen and oxygen atoms in total. The second kappa shape index (κ2) is 10.4. The molecule has 4 rings (SSSR count). The molecule has 0 spiro atoms. The summed E-state index contributed by atoms with van der Waals surface area (Å²) in [5.74, 6) is 0.292. The molecule has 1 aliphatic rings. The molecule has 1 N–H and O–H groups in total. The summed E-state index contributed by atoms with van der Waals surface area (Å²) in [5, 5.41) is 13.1. The highest BCUT2D eigenvalue weighted by molar-refractivity contribution is 7.98. The SMILES string of the molecule is Cc1cc(C)nc(SCc2c(C(=O)NC3CCCCCC3)nnn2-c2ccc(Cl)cc2)n1. The van der Waals surface area contributed by atoms with Gasteiger partial charge in [0.05, 0.1) is 11.4 Å². The topological polar surface area (TPSA) is 85.6 Å². The predicted molar refractivity (Wildman–Crippen MR) is 126 cm³/mol. The zero-order valence-corrected chi connectivity index (χ0v) is 19.9. The van der Waals surface area contributed by atoms with Crippen molar-refractivity contribution in [2.24, 2.45) is 0 Å². The van der Waals surface area contributed by atoms with Crippen LogP contribution in [0.1, 0.15) is 66.1 Å². The van der Waals surface area contributed by atoms with Crippen molar-refractivity contribution in [3.8, 4) is 5.69 Å². The molecule has 1 fully saturated rings. The summed E-state index contributed by atoms with van der Waals surface area (Å²) in [6.45, 7) is 3.90. The van der Waals surface area contributed by atoms with Gasteiger partial charge in [-0.05, 0) is 57.0 Å². The van der Waals surface area contributed by atoms with Crippen LogP contribution < -0.4 is 5.32 Å². The van der Waals surface area contributed by atoms with E-state index in [1.807, 2.05) is 32.0 Å². The summed E-state index contributed by atoms with van der Waals surface area (Å²) in [6.07, 6.45) is 6.79. The average Bonchev–Trinajstić information content (AvgIpc) is 3.01. The van der Waals surface area contributed by atoms with Crippen LogP contribution in [-0.4, -0.2) is 36.9 Å². The van der Waals surface area contributed by atoms with Gasteiger partial charge < -0.3 is 5.32 Å². The molecule has 168 valence electrons. The lowest BCUT2D eigenvalue weighted by molar-refractivity contribution is 0.0927. The van der Waals surface area contributed by atoms with E-state index in [2.05, 4.69) is 25.6 Å². The number of thioether (sulfide) groups is 1. The molecule has 1 aromatic carbocycles. The number of rotatable bonds is 6. The van der Waals surface area contributed by atoms with Gasteiger partial charge in [0.2, 0.25) is 0 Å². The predicted octanol–water partition coefficient (Wildman–Crippen LogP) is 5.07. The highest BCUT2D eigenvalue weighted by Crippen LogP contribution is 2.25. The molecule has 0 bridgehead atoms. The first-order valence-electron chi connectivity index (χ1n) is 11.0. The van der Waals surface area contributed by atoms with Crippen LogP contribution in [0.25, 0.3) is 5.69 Å². The van der Waals surface area contributed by atoms with Crippen LogP contribution in [0.3, 0.4) is 0 Å². The summed E-state index contributed by atoms with van der Waals surface area (Å²) >= 11 is 7.53. The zero-order valence-electron chi connectivity index (χ0n) is 18.3. The van der Waals surface area contributed by atoms with Gasteiger partial charge in [0.25, 0.3) is 5.91 Å². The lowest BCUT2D eigenvalue weighted by atomic mass is 10.1. The number of amides is 1. The third-order valence-corrected chi connectivity index (χ3v) is 6.65. The molecule has 3 aromatic rings. The largest absolute Gasteiger partial charge is 0.348 e. The first-order chi connectivity index (χ1) is 15.5. The fourth-order valence-electron chi connectivity index (χ4n) is 3.97. The smallest absolute Gasteiger partial charge is 0.274 e. The Kier molecular flexibility index (Phi) is 7.42. The lowest BCUT2D eigenvalue weighted by Crippen LogP contribution is -2.35. The third-order valence-electron chi connectivity index (χ3n) is 5.54. The molecule has 1 aliphatic carbocycles. The minimum atomic E-state index is -0.172. The highest BCUT2D eigenvalue weighted by Gasteiger charge is 2.24. The van der Waals surface area contributed by atoms with Gasteiger partial charge in [0.15, 0.2) is 10.9 Å². The van der Waals surface area contributed by atoms with Crippen LogP contribution in [0.4, 0.5) is 0 Å². The van der Waals surface area contributed by atoms with Gasteiger partial charge in [0.1, 0.15) is 0 Å². The second-order valence-corrected chi connectivity index (χ2v) is 9.54. The lowest BCUT2D eigenvalue weighted by Gasteiger charge is -2.16. The van der Waals surface area contributed by atoms with Crippen molar-refractivity contribution in [1.82, 2.24) is 30.3 Å². The van der Waals surface area contributed by atoms with Gasteiger partial charge in [-0.1, -0.05) is 54.3 Å². The number of carbonyl (C=O) groups is 1. The van der Waals surface area contributed by atoms with Crippen molar-refractivity contribution in [2.75, 3.05) is 0 Å². The average molecular weight is 471 g/mol. The first kappa shape index (κ1) is 22.7. The molecule has 1 saturated carbocycles. The van der Waals surface area contributed by atoms with Gasteiger partial charge in [0, 0.05) is 28.2 Å². The van der Waals surface area contributed by atoms with Crippen LogP contribution in [0.2, 0.25) is 5.02 Å². The Hall–Kier alpha value is -2.45.